The number of carbonyl (C=O) groups is 1. The quantitative estimate of drug-likeness (QED) is 0.875. The zero-order valence-corrected chi connectivity index (χ0v) is 12.3. The summed E-state index contributed by atoms with van der Waals surface area (Å²) in [5.74, 6) is -0.000165. The molecule has 1 fully saturated rings. The van der Waals surface area contributed by atoms with Gasteiger partial charge in [-0.05, 0) is 30.7 Å². The molecule has 4 nitrogen and oxygen atoms in total. The second kappa shape index (κ2) is 6.13. The molecule has 1 aliphatic heterocycles. The van der Waals surface area contributed by atoms with Crippen molar-refractivity contribution in [2.24, 2.45) is 0 Å². The molecular formula is C17H17FN2O2. The summed E-state index contributed by atoms with van der Waals surface area (Å²) in [6.45, 7) is 3.06. The summed E-state index contributed by atoms with van der Waals surface area (Å²) in [4.78, 5) is 18.2. The number of rotatable bonds is 3. The number of pyridine rings is 1. The average molecular weight is 300 g/mol. The van der Waals surface area contributed by atoms with Gasteiger partial charge in [0.05, 0.1) is 6.54 Å². The van der Waals surface area contributed by atoms with Gasteiger partial charge in [-0.2, -0.15) is 0 Å². The van der Waals surface area contributed by atoms with Gasteiger partial charge in [-0.1, -0.05) is 12.1 Å². The van der Waals surface area contributed by atoms with Gasteiger partial charge in [-0.3, -0.25) is 4.79 Å². The number of amides is 1. The van der Waals surface area contributed by atoms with Gasteiger partial charge in [0.25, 0.3) is 5.91 Å². The number of hydrogen-bond acceptors (Lipinski definition) is 3. The van der Waals surface area contributed by atoms with E-state index in [-0.39, 0.29) is 12.0 Å². The number of hydrogen-bond donors (Lipinski definition) is 0. The second-order valence-electron chi connectivity index (χ2n) is 5.46. The fraction of sp³-hybridized carbons (Fsp3) is 0.294. The molecule has 1 saturated heterocycles. The molecule has 1 atom stereocenters. The van der Waals surface area contributed by atoms with E-state index in [0.717, 1.165) is 12.0 Å². The van der Waals surface area contributed by atoms with Crippen LogP contribution in [0.4, 0.5) is 4.39 Å². The van der Waals surface area contributed by atoms with Crippen molar-refractivity contribution in [2.45, 2.75) is 19.4 Å². The monoisotopic (exact) mass is 300 g/mol. The minimum atomic E-state index is -0.401. The highest BCUT2D eigenvalue weighted by atomic mass is 19.1. The first-order valence-corrected chi connectivity index (χ1v) is 7.26. The molecule has 1 aliphatic rings. The van der Waals surface area contributed by atoms with Crippen molar-refractivity contribution in [3.05, 3.63) is 59.5 Å². The summed E-state index contributed by atoms with van der Waals surface area (Å²) >= 11 is 0. The summed E-state index contributed by atoms with van der Waals surface area (Å²) in [7, 11) is 0. The van der Waals surface area contributed by atoms with Gasteiger partial charge < -0.3 is 9.64 Å². The van der Waals surface area contributed by atoms with Crippen LogP contribution in [0, 0.1) is 12.7 Å². The molecule has 1 unspecified atom stereocenters. The first kappa shape index (κ1) is 14.5. The van der Waals surface area contributed by atoms with Gasteiger partial charge in [0.15, 0.2) is 0 Å². The van der Waals surface area contributed by atoms with E-state index in [1.165, 1.54) is 12.1 Å². The predicted molar refractivity (Wildman–Crippen MR) is 80.3 cm³/mol. The Morgan fingerprint density at radius 2 is 2.23 bits per heavy atom. The fourth-order valence-corrected chi connectivity index (χ4v) is 2.51. The molecule has 0 aliphatic carbocycles. The maximum Gasteiger partial charge on any atom is 0.254 e. The van der Waals surface area contributed by atoms with Gasteiger partial charge in [0.1, 0.15) is 11.9 Å². The van der Waals surface area contributed by atoms with E-state index < -0.39 is 5.82 Å². The maximum absolute atomic E-state index is 13.2. The summed E-state index contributed by atoms with van der Waals surface area (Å²) < 4.78 is 19.0. The fourth-order valence-electron chi connectivity index (χ4n) is 2.51. The van der Waals surface area contributed by atoms with E-state index in [0.29, 0.717) is 24.5 Å². The van der Waals surface area contributed by atoms with E-state index in [9.17, 15) is 9.18 Å². The van der Waals surface area contributed by atoms with Gasteiger partial charge in [0, 0.05) is 30.8 Å². The van der Waals surface area contributed by atoms with E-state index in [4.69, 9.17) is 4.74 Å². The highest BCUT2D eigenvalue weighted by molar-refractivity contribution is 5.94. The lowest BCUT2D eigenvalue weighted by Gasteiger charge is -2.17. The van der Waals surface area contributed by atoms with E-state index in [2.05, 4.69) is 4.98 Å². The Labute approximate surface area is 128 Å². The molecule has 3 rings (SSSR count). The minimum Gasteiger partial charge on any atom is -0.472 e. The van der Waals surface area contributed by atoms with Crippen LogP contribution in [-0.4, -0.2) is 35.0 Å². The minimum absolute atomic E-state index is 0.0762. The van der Waals surface area contributed by atoms with E-state index in [1.807, 2.05) is 19.1 Å². The number of ether oxygens (including phenoxy) is 1. The van der Waals surface area contributed by atoms with E-state index >= 15 is 0 Å². The normalized spacial score (nSPS) is 17.5. The SMILES string of the molecule is Cc1ccc(OC2CCN(C(=O)c3cccc(F)c3)C2)nc1. The van der Waals surface area contributed by atoms with Gasteiger partial charge in [0.2, 0.25) is 5.88 Å². The zero-order chi connectivity index (χ0) is 15.5. The summed E-state index contributed by atoms with van der Waals surface area (Å²) in [6, 6.07) is 9.52. The molecule has 2 aromatic rings. The second-order valence-corrected chi connectivity index (χ2v) is 5.46. The summed E-state index contributed by atoms with van der Waals surface area (Å²) in [5.41, 5.74) is 1.44. The first-order chi connectivity index (χ1) is 10.6. The van der Waals surface area contributed by atoms with Crippen LogP contribution in [0.15, 0.2) is 42.6 Å². The summed E-state index contributed by atoms with van der Waals surface area (Å²) in [6.07, 6.45) is 2.42. The molecule has 0 radical (unpaired) electrons. The molecular weight excluding hydrogens is 283 g/mol. The molecule has 0 saturated carbocycles. The third kappa shape index (κ3) is 3.24. The molecule has 0 N–H and O–H groups in total. The van der Waals surface area contributed by atoms with Crippen LogP contribution in [-0.2, 0) is 0 Å². The van der Waals surface area contributed by atoms with Crippen molar-refractivity contribution < 1.29 is 13.9 Å². The van der Waals surface area contributed by atoms with E-state index in [1.54, 1.807) is 23.2 Å². The smallest absolute Gasteiger partial charge is 0.254 e. The van der Waals surface area contributed by atoms with Crippen molar-refractivity contribution in [3.8, 4) is 5.88 Å². The molecule has 0 bridgehead atoms. The van der Waals surface area contributed by atoms with Crippen LogP contribution in [0.25, 0.3) is 0 Å². The molecule has 1 aromatic heterocycles. The van der Waals surface area contributed by atoms with Crippen molar-refractivity contribution in [1.29, 1.82) is 0 Å². The predicted octanol–water partition coefficient (Wildman–Crippen LogP) is 2.82. The molecule has 1 amide bonds. The number of halogens is 1. The molecule has 1 aromatic carbocycles. The molecule has 2 heterocycles. The average Bonchev–Trinajstić information content (AvgIpc) is 2.97. The van der Waals surface area contributed by atoms with Gasteiger partial charge >= 0.3 is 0 Å². The van der Waals surface area contributed by atoms with Crippen LogP contribution in [0.3, 0.4) is 0 Å². The van der Waals surface area contributed by atoms with Crippen molar-refractivity contribution in [3.63, 3.8) is 0 Å². The third-order valence-electron chi connectivity index (χ3n) is 3.68. The highest BCUT2D eigenvalue weighted by Crippen LogP contribution is 2.19. The zero-order valence-electron chi connectivity index (χ0n) is 12.3. The van der Waals surface area contributed by atoms with Crippen LogP contribution in [0.5, 0.6) is 5.88 Å². The Balaban J connectivity index is 1.62. The lowest BCUT2D eigenvalue weighted by atomic mass is 10.2. The first-order valence-electron chi connectivity index (χ1n) is 7.26. The Morgan fingerprint density at radius 3 is 2.95 bits per heavy atom. The number of carbonyl (C=O) groups excluding carboxylic acids is 1. The van der Waals surface area contributed by atoms with Crippen LogP contribution in [0.1, 0.15) is 22.3 Å². The van der Waals surface area contributed by atoms with Gasteiger partial charge in [-0.15, -0.1) is 0 Å². The Kier molecular flexibility index (Phi) is 4.04. The van der Waals surface area contributed by atoms with Crippen LogP contribution in [0.2, 0.25) is 0 Å². The summed E-state index contributed by atoms with van der Waals surface area (Å²) in [5, 5.41) is 0. The van der Waals surface area contributed by atoms with Crippen LogP contribution >= 0.6 is 0 Å². The maximum atomic E-state index is 13.2. The Morgan fingerprint density at radius 1 is 1.36 bits per heavy atom. The lowest BCUT2D eigenvalue weighted by Crippen LogP contribution is -2.31. The topological polar surface area (TPSA) is 42.4 Å². The van der Waals surface area contributed by atoms with Crippen molar-refractivity contribution >= 4 is 5.91 Å². The van der Waals surface area contributed by atoms with Crippen LogP contribution < -0.4 is 4.74 Å². The highest BCUT2D eigenvalue weighted by Gasteiger charge is 2.28. The molecule has 22 heavy (non-hydrogen) atoms. The van der Waals surface area contributed by atoms with Crippen molar-refractivity contribution in [2.75, 3.05) is 13.1 Å². The Hall–Kier alpha value is -2.43. The van der Waals surface area contributed by atoms with Gasteiger partial charge in [-0.25, -0.2) is 9.37 Å². The number of aromatic nitrogens is 1. The standard InChI is InChI=1S/C17H17FN2O2/c1-12-5-6-16(19-10-12)22-15-7-8-20(11-15)17(21)13-3-2-4-14(18)9-13/h2-6,9-10,15H,7-8,11H2,1H3. The number of aryl methyl sites for hydroxylation is 1. The number of nitrogens with zero attached hydrogens (tertiary/aromatic N) is 2. The number of likely N-dealkylation sites (tertiary alicyclic amines) is 1. The molecule has 0 spiro atoms. The molecule has 5 heteroatoms. The molecule has 114 valence electrons. The largest absolute Gasteiger partial charge is 0.472 e. The van der Waals surface area contributed by atoms with Crippen molar-refractivity contribution in [1.82, 2.24) is 9.88 Å². The number of benzene rings is 1. The third-order valence-corrected chi connectivity index (χ3v) is 3.68. The Bertz CT molecular complexity index is 673. The lowest BCUT2D eigenvalue weighted by molar-refractivity contribution is 0.0770.